The van der Waals surface area contributed by atoms with E-state index in [0.29, 0.717) is 29.9 Å². The molecule has 1 aromatic rings. The number of hydrogen-bond donors (Lipinski definition) is 2. The van der Waals surface area contributed by atoms with Crippen LogP contribution in [0.1, 0.15) is 44.7 Å². The summed E-state index contributed by atoms with van der Waals surface area (Å²) in [5.74, 6) is -0.533. The maximum absolute atomic E-state index is 13.7. The van der Waals surface area contributed by atoms with E-state index in [1.165, 1.54) is 0 Å². The number of anilines is 2. The van der Waals surface area contributed by atoms with Gasteiger partial charge in [0.15, 0.2) is 11.3 Å². The summed E-state index contributed by atoms with van der Waals surface area (Å²) in [6, 6.07) is 1.60. The quantitative estimate of drug-likeness (QED) is 0.217. The van der Waals surface area contributed by atoms with Crippen LogP contribution in [0.4, 0.5) is 11.4 Å². The van der Waals surface area contributed by atoms with E-state index in [0.717, 1.165) is 34.9 Å². The largest absolute Gasteiger partial charge is 0.452 e. The Morgan fingerprint density at radius 3 is 1.90 bits per heavy atom. The molecule has 4 N–H and O–H groups in total. The standard InChI is InChI=1S/C30H45N7O4/c1-18-21(31)17-20(29(39)34(3)13-11-15-36(5,6)7)24-27(18)41-28-19(2)26(38)23(32)22(25(28)33-24)30(40)35(4)14-12-16-37(8,9)10/h17H,11-16H2,1-10H3,(H2-2,31,32,33,38,39,40)/p+2. The normalized spacial score (nSPS) is 12.2. The summed E-state index contributed by atoms with van der Waals surface area (Å²) >= 11 is 0. The van der Waals surface area contributed by atoms with Crippen molar-refractivity contribution in [3.8, 4) is 11.5 Å². The Morgan fingerprint density at radius 1 is 0.878 bits per heavy atom. The number of fused-ring (bicyclic) bond motifs is 2. The monoisotopic (exact) mass is 569 g/mol. The van der Waals surface area contributed by atoms with Crippen LogP contribution in [0.25, 0.3) is 22.6 Å². The van der Waals surface area contributed by atoms with Crippen molar-refractivity contribution in [2.24, 2.45) is 0 Å². The zero-order valence-electron chi connectivity index (χ0n) is 26.3. The molecular formula is C30H47N7O4+2. The van der Waals surface area contributed by atoms with Gasteiger partial charge < -0.3 is 34.7 Å². The molecule has 41 heavy (non-hydrogen) atoms. The number of carbonyl (C=O) groups excluding carboxylic acids is 2. The van der Waals surface area contributed by atoms with Crippen LogP contribution in [0, 0.1) is 13.8 Å². The molecule has 11 heteroatoms. The minimum absolute atomic E-state index is 0.0156. The van der Waals surface area contributed by atoms with Crippen molar-refractivity contribution in [3.63, 3.8) is 0 Å². The van der Waals surface area contributed by atoms with Crippen LogP contribution >= 0.6 is 0 Å². The topological polar surface area (TPSA) is 136 Å². The Labute approximate surface area is 242 Å². The van der Waals surface area contributed by atoms with Gasteiger partial charge >= 0.3 is 0 Å². The first kappa shape index (κ1) is 31.8. The van der Waals surface area contributed by atoms with Gasteiger partial charge in [0, 0.05) is 56.8 Å². The summed E-state index contributed by atoms with van der Waals surface area (Å²) in [7, 11) is 16.0. The first-order chi connectivity index (χ1) is 18.8. The van der Waals surface area contributed by atoms with Gasteiger partial charge in [0.2, 0.25) is 5.43 Å². The number of hydrogen-bond acceptors (Lipinski definition) is 7. The van der Waals surface area contributed by atoms with E-state index >= 15 is 0 Å². The number of amides is 2. The fourth-order valence-electron chi connectivity index (χ4n) is 4.83. The van der Waals surface area contributed by atoms with Gasteiger partial charge in [-0.2, -0.15) is 0 Å². The molecule has 0 saturated carbocycles. The number of quaternary nitrogens is 2. The van der Waals surface area contributed by atoms with Crippen LogP contribution in [-0.4, -0.2) is 118 Å². The molecule has 0 saturated heterocycles. The number of nitrogens with two attached hydrogens (primary N) is 2. The molecule has 0 fully saturated rings. The highest BCUT2D eigenvalue weighted by molar-refractivity contribution is 6.09. The Hall–Kier alpha value is -3.70. The molecule has 2 amide bonds. The predicted octanol–water partition coefficient (Wildman–Crippen LogP) is 2.41. The second-order valence-corrected chi connectivity index (χ2v) is 13.1. The highest BCUT2D eigenvalue weighted by Gasteiger charge is 2.31. The van der Waals surface area contributed by atoms with Crippen LogP contribution in [0.15, 0.2) is 15.3 Å². The van der Waals surface area contributed by atoms with Gasteiger partial charge in [-0.1, -0.05) is 0 Å². The fraction of sp³-hybridized carbons (Fsp3) is 0.533. The van der Waals surface area contributed by atoms with Gasteiger partial charge in [0.05, 0.1) is 72.2 Å². The number of nitrogens with zero attached hydrogens (tertiary/aromatic N) is 5. The number of benzene rings is 2. The molecule has 1 aliphatic carbocycles. The van der Waals surface area contributed by atoms with Crippen LogP contribution < -0.4 is 16.9 Å². The molecule has 3 rings (SSSR count). The Morgan fingerprint density at radius 2 is 1.39 bits per heavy atom. The smallest absolute Gasteiger partial charge is 0.258 e. The molecular weight excluding hydrogens is 522 g/mol. The van der Waals surface area contributed by atoms with Crippen LogP contribution in [-0.2, 0) is 0 Å². The molecule has 0 radical (unpaired) electrons. The number of aryl methyl sites for hydroxylation is 1. The van der Waals surface area contributed by atoms with E-state index in [1.54, 1.807) is 43.8 Å². The van der Waals surface area contributed by atoms with Gasteiger partial charge in [0.25, 0.3) is 11.8 Å². The minimum Gasteiger partial charge on any atom is -0.452 e. The zero-order valence-corrected chi connectivity index (χ0v) is 26.3. The highest BCUT2D eigenvalue weighted by Crippen LogP contribution is 2.36. The molecule has 0 aromatic heterocycles. The number of rotatable bonds is 10. The van der Waals surface area contributed by atoms with Gasteiger partial charge in [0.1, 0.15) is 11.2 Å². The van der Waals surface area contributed by atoms with E-state index in [4.69, 9.17) is 20.9 Å². The minimum atomic E-state index is -0.486. The van der Waals surface area contributed by atoms with Crippen molar-refractivity contribution in [1.82, 2.24) is 14.8 Å². The van der Waals surface area contributed by atoms with Gasteiger partial charge in [-0.3, -0.25) is 14.4 Å². The second-order valence-electron chi connectivity index (χ2n) is 13.1. The lowest BCUT2D eigenvalue weighted by Gasteiger charge is -2.26. The molecule has 224 valence electrons. The average Bonchev–Trinajstić information content (AvgIpc) is 2.86. The molecule has 0 bridgehead atoms. The lowest BCUT2D eigenvalue weighted by Crippen LogP contribution is -2.38. The third-order valence-electron chi connectivity index (χ3n) is 7.40. The van der Waals surface area contributed by atoms with E-state index in [1.807, 2.05) is 0 Å². The summed E-state index contributed by atoms with van der Waals surface area (Å²) in [4.78, 5) is 48.5. The van der Waals surface area contributed by atoms with Crippen molar-refractivity contribution < 1.29 is 23.0 Å². The molecule has 1 aliphatic heterocycles. The maximum Gasteiger partial charge on any atom is 0.258 e. The second kappa shape index (κ2) is 11.7. The Balaban J connectivity index is 2.18. The summed E-state index contributed by atoms with van der Waals surface area (Å²) < 4.78 is 7.82. The van der Waals surface area contributed by atoms with Crippen molar-refractivity contribution in [2.75, 3.05) is 94.0 Å². The van der Waals surface area contributed by atoms with E-state index in [9.17, 15) is 14.4 Å². The van der Waals surface area contributed by atoms with Gasteiger partial charge in [-0.15, -0.1) is 0 Å². The zero-order chi connectivity index (χ0) is 31.0. The predicted molar refractivity (Wildman–Crippen MR) is 164 cm³/mol. The molecule has 0 atom stereocenters. The van der Waals surface area contributed by atoms with Crippen LogP contribution in [0.2, 0.25) is 0 Å². The number of aromatic nitrogens is 1. The highest BCUT2D eigenvalue weighted by atomic mass is 16.3. The molecule has 2 aliphatic rings. The Kier molecular flexibility index (Phi) is 9.05. The third-order valence-corrected chi connectivity index (χ3v) is 7.40. The third kappa shape index (κ3) is 6.97. The van der Waals surface area contributed by atoms with E-state index < -0.39 is 11.3 Å². The lowest BCUT2D eigenvalue weighted by atomic mass is 9.99. The Bertz CT molecular complexity index is 1500. The molecule has 0 unspecified atom stereocenters. The van der Waals surface area contributed by atoms with Crippen molar-refractivity contribution >= 4 is 34.3 Å². The maximum atomic E-state index is 13.7. The first-order valence-corrected chi connectivity index (χ1v) is 13.9. The summed E-state index contributed by atoms with van der Waals surface area (Å²) in [5, 5.41) is 0. The molecule has 1 heterocycles. The summed E-state index contributed by atoms with van der Waals surface area (Å²) in [6.45, 7) is 6.14. The lowest BCUT2D eigenvalue weighted by molar-refractivity contribution is -0.870. The first-order valence-electron chi connectivity index (χ1n) is 13.9. The van der Waals surface area contributed by atoms with E-state index in [-0.39, 0.29) is 45.3 Å². The van der Waals surface area contributed by atoms with E-state index in [2.05, 4.69) is 42.3 Å². The number of carbonyl (C=O) groups is 2. The average molecular weight is 570 g/mol. The number of nitrogen functional groups attached to an aromatic ring is 2. The van der Waals surface area contributed by atoms with Crippen molar-refractivity contribution in [3.05, 3.63) is 38.5 Å². The molecule has 11 nitrogen and oxygen atoms in total. The van der Waals surface area contributed by atoms with Crippen LogP contribution in [0.5, 0.6) is 0 Å². The summed E-state index contributed by atoms with van der Waals surface area (Å²) in [6.07, 6.45) is 1.57. The molecule has 0 spiro atoms. The van der Waals surface area contributed by atoms with Crippen molar-refractivity contribution in [2.45, 2.75) is 26.7 Å². The fourth-order valence-corrected chi connectivity index (χ4v) is 4.83. The SMILES string of the molecule is Cc1c2oc3c(C)c(N)cc(C(=O)N(C)CCC[N+](C)(C)C)c3nc-2c(C(=O)N(C)CCC[N+](C)(C)C)c(N)c1=O. The van der Waals surface area contributed by atoms with Crippen LogP contribution in [0.3, 0.4) is 0 Å². The van der Waals surface area contributed by atoms with Gasteiger partial charge in [-0.25, -0.2) is 4.98 Å². The summed E-state index contributed by atoms with van der Waals surface area (Å²) in [5.41, 5.74) is 14.1. The molecule has 1 aromatic carbocycles. The van der Waals surface area contributed by atoms with Gasteiger partial charge in [-0.05, 0) is 19.9 Å². The van der Waals surface area contributed by atoms with Crippen molar-refractivity contribution in [1.29, 1.82) is 0 Å².